The van der Waals surface area contributed by atoms with Crippen molar-refractivity contribution in [2.75, 3.05) is 11.9 Å². The van der Waals surface area contributed by atoms with Crippen LogP contribution in [0.1, 0.15) is 31.5 Å². The molecule has 2 amide bonds. The van der Waals surface area contributed by atoms with Gasteiger partial charge in [0.15, 0.2) is 10.9 Å². The van der Waals surface area contributed by atoms with E-state index in [0.717, 1.165) is 15.0 Å². The molecule has 0 spiro atoms. The van der Waals surface area contributed by atoms with Gasteiger partial charge >= 0.3 is 0 Å². The van der Waals surface area contributed by atoms with Gasteiger partial charge in [-0.1, -0.05) is 38.9 Å². The number of rotatable bonds is 3. The second kappa shape index (κ2) is 7.46. The Morgan fingerprint density at radius 1 is 1.33 bits per heavy atom. The number of carbonyl (C=O) groups is 2. The summed E-state index contributed by atoms with van der Waals surface area (Å²) in [5.41, 5.74) is 1.37. The summed E-state index contributed by atoms with van der Waals surface area (Å²) in [5, 5.41) is 3.66. The molecule has 1 aromatic carbocycles. The van der Waals surface area contributed by atoms with Crippen LogP contribution in [0, 0.1) is 0 Å². The van der Waals surface area contributed by atoms with Crippen LogP contribution in [0.5, 0.6) is 0 Å². The van der Waals surface area contributed by atoms with Crippen LogP contribution in [-0.2, 0) is 13.0 Å². The van der Waals surface area contributed by atoms with Crippen molar-refractivity contribution in [2.45, 2.75) is 13.0 Å². The highest BCUT2D eigenvalue weighted by molar-refractivity contribution is 9.10. The van der Waals surface area contributed by atoms with Crippen molar-refractivity contribution in [1.82, 2.24) is 9.88 Å². The summed E-state index contributed by atoms with van der Waals surface area (Å²) in [7, 11) is 0. The largest absolute Gasteiger partial charge is 0.459 e. The fourth-order valence-corrected chi connectivity index (χ4v) is 4.40. The molecule has 3 aromatic rings. The molecule has 1 N–H and O–H groups in total. The third-order valence-electron chi connectivity index (χ3n) is 4.14. The number of fused-ring (bicyclic) bond motifs is 1. The van der Waals surface area contributed by atoms with Gasteiger partial charge in [0.05, 0.1) is 29.1 Å². The molecule has 4 rings (SSSR count). The third kappa shape index (κ3) is 3.78. The van der Waals surface area contributed by atoms with Gasteiger partial charge in [0.2, 0.25) is 0 Å². The number of halogens is 2. The lowest BCUT2D eigenvalue weighted by Gasteiger charge is -2.26. The van der Waals surface area contributed by atoms with Crippen molar-refractivity contribution in [3.05, 3.63) is 68.0 Å². The first-order valence-corrected chi connectivity index (χ1v) is 10.1. The quantitative estimate of drug-likeness (QED) is 0.612. The van der Waals surface area contributed by atoms with Gasteiger partial charge in [-0.2, -0.15) is 0 Å². The summed E-state index contributed by atoms with van der Waals surface area (Å²) in [4.78, 5) is 32.1. The fraction of sp³-hybridized carbons (Fsp3) is 0.167. The van der Waals surface area contributed by atoms with Crippen LogP contribution in [-0.4, -0.2) is 28.2 Å². The summed E-state index contributed by atoms with van der Waals surface area (Å²) < 4.78 is 5.88. The van der Waals surface area contributed by atoms with Crippen LogP contribution in [0.2, 0.25) is 5.02 Å². The molecule has 6 nitrogen and oxygen atoms in total. The van der Waals surface area contributed by atoms with Gasteiger partial charge in [0, 0.05) is 22.3 Å². The van der Waals surface area contributed by atoms with Crippen LogP contribution < -0.4 is 5.32 Å². The fourth-order valence-electron chi connectivity index (χ4n) is 2.82. The van der Waals surface area contributed by atoms with Crippen molar-refractivity contribution in [1.29, 1.82) is 0 Å². The smallest absolute Gasteiger partial charge is 0.293 e. The maximum Gasteiger partial charge on any atom is 0.293 e. The van der Waals surface area contributed by atoms with Crippen molar-refractivity contribution in [2.24, 2.45) is 0 Å². The third-order valence-corrected chi connectivity index (χ3v) is 5.96. The van der Waals surface area contributed by atoms with E-state index in [4.69, 9.17) is 16.0 Å². The Kier molecular flexibility index (Phi) is 5.03. The number of aromatic nitrogens is 1. The molecule has 2 aromatic heterocycles. The van der Waals surface area contributed by atoms with Gasteiger partial charge in [-0.05, 0) is 30.3 Å². The first-order valence-electron chi connectivity index (χ1n) is 8.09. The van der Waals surface area contributed by atoms with Crippen molar-refractivity contribution in [3.8, 4) is 0 Å². The van der Waals surface area contributed by atoms with Crippen LogP contribution >= 0.6 is 38.9 Å². The zero-order valence-electron chi connectivity index (χ0n) is 13.9. The van der Waals surface area contributed by atoms with Gasteiger partial charge < -0.3 is 9.32 Å². The normalized spacial score (nSPS) is 13.3. The van der Waals surface area contributed by atoms with E-state index in [0.29, 0.717) is 35.2 Å². The number of anilines is 1. The second-order valence-electron chi connectivity index (χ2n) is 5.92. The Hall–Kier alpha value is -2.16. The first-order chi connectivity index (χ1) is 13.0. The van der Waals surface area contributed by atoms with E-state index in [1.54, 1.807) is 35.2 Å². The average molecular weight is 467 g/mol. The maximum absolute atomic E-state index is 12.8. The summed E-state index contributed by atoms with van der Waals surface area (Å²) >= 11 is 10.9. The number of hydrogen-bond donors (Lipinski definition) is 1. The standard InChI is InChI=1S/C18H13BrClN3O3S/c19-10-3-4-12(20)11(8-10)17(25)23-6-5-13-15(9-23)27-18(21-13)22-16(24)14-2-1-7-26-14/h1-4,7-8H,5-6,9H2,(H,21,22,24). The molecule has 3 heterocycles. The van der Waals surface area contributed by atoms with Crippen LogP contribution in [0.15, 0.2) is 45.5 Å². The Morgan fingerprint density at radius 2 is 2.19 bits per heavy atom. The zero-order valence-corrected chi connectivity index (χ0v) is 17.0. The second-order valence-corrected chi connectivity index (χ2v) is 8.33. The lowest BCUT2D eigenvalue weighted by Crippen LogP contribution is -2.35. The van der Waals surface area contributed by atoms with E-state index in [2.05, 4.69) is 26.2 Å². The van der Waals surface area contributed by atoms with E-state index in [1.807, 2.05) is 0 Å². The van der Waals surface area contributed by atoms with E-state index in [1.165, 1.54) is 17.6 Å². The van der Waals surface area contributed by atoms with Crippen molar-refractivity contribution in [3.63, 3.8) is 0 Å². The number of amides is 2. The molecular formula is C18H13BrClN3O3S. The summed E-state index contributed by atoms with van der Waals surface area (Å²) in [6.45, 7) is 0.981. The molecule has 0 bridgehead atoms. The highest BCUT2D eigenvalue weighted by Crippen LogP contribution is 2.30. The number of nitrogens with one attached hydrogen (secondary N) is 1. The molecule has 0 fully saturated rings. The minimum atomic E-state index is -0.347. The average Bonchev–Trinajstić information content (AvgIpc) is 3.31. The number of hydrogen-bond acceptors (Lipinski definition) is 5. The molecule has 138 valence electrons. The predicted molar refractivity (Wildman–Crippen MR) is 106 cm³/mol. The molecule has 0 unspecified atom stereocenters. The molecule has 0 radical (unpaired) electrons. The summed E-state index contributed by atoms with van der Waals surface area (Å²) in [5.74, 6) is -0.245. The van der Waals surface area contributed by atoms with Crippen molar-refractivity contribution >= 4 is 55.8 Å². The van der Waals surface area contributed by atoms with Crippen LogP contribution in [0.4, 0.5) is 5.13 Å². The monoisotopic (exact) mass is 465 g/mol. The molecule has 0 saturated heterocycles. The number of thiazole rings is 1. The Morgan fingerprint density at radius 3 is 2.96 bits per heavy atom. The topological polar surface area (TPSA) is 75.4 Å². The SMILES string of the molecule is O=C(Nc1nc2c(s1)CN(C(=O)c1cc(Br)ccc1Cl)CC2)c1ccco1. The first kappa shape index (κ1) is 18.2. The lowest BCUT2D eigenvalue weighted by molar-refractivity contribution is 0.0736. The zero-order chi connectivity index (χ0) is 19.0. The van der Waals surface area contributed by atoms with Gasteiger partial charge in [0.1, 0.15) is 0 Å². The van der Waals surface area contributed by atoms with Crippen molar-refractivity contribution < 1.29 is 14.0 Å². The maximum atomic E-state index is 12.8. The highest BCUT2D eigenvalue weighted by atomic mass is 79.9. The molecule has 0 atom stereocenters. The molecule has 1 aliphatic rings. The van der Waals surface area contributed by atoms with Gasteiger partial charge in [-0.15, -0.1) is 0 Å². The van der Waals surface area contributed by atoms with E-state index in [9.17, 15) is 9.59 Å². The van der Waals surface area contributed by atoms with Crippen LogP contribution in [0.3, 0.4) is 0 Å². The van der Waals surface area contributed by atoms with Gasteiger partial charge in [-0.25, -0.2) is 4.98 Å². The van der Waals surface area contributed by atoms with Gasteiger partial charge in [-0.3, -0.25) is 14.9 Å². The molecule has 1 aliphatic heterocycles. The molecular weight excluding hydrogens is 454 g/mol. The Labute approximate surface area is 172 Å². The Bertz CT molecular complexity index is 1020. The predicted octanol–water partition coefficient (Wildman–Crippen LogP) is 4.60. The number of benzene rings is 1. The number of carbonyl (C=O) groups excluding carboxylic acids is 2. The Balaban J connectivity index is 1.50. The minimum Gasteiger partial charge on any atom is -0.459 e. The summed E-state index contributed by atoms with van der Waals surface area (Å²) in [6, 6.07) is 8.46. The van der Waals surface area contributed by atoms with E-state index < -0.39 is 0 Å². The minimum absolute atomic E-state index is 0.124. The van der Waals surface area contributed by atoms with E-state index >= 15 is 0 Å². The molecule has 0 aliphatic carbocycles. The summed E-state index contributed by atoms with van der Waals surface area (Å²) in [6.07, 6.45) is 2.07. The number of furan rings is 1. The molecule has 27 heavy (non-hydrogen) atoms. The highest BCUT2D eigenvalue weighted by Gasteiger charge is 2.26. The molecule has 0 saturated carbocycles. The number of nitrogens with zero attached hydrogens (tertiary/aromatic N) is 2. The van der Waals surface area contributed by atoms with E-state index in [-0.39, 0.29) is 17.6 Å². The lowest BCUT2D eigenvalue weighted by atomic mass is 10.1. The van der Waals surface area contributed by atoms with Gasteiger partial charge in [0.25, 0.3) is 11.8 Å². The van der Waals surface area contributed by atoms with Crippen LogP contribution in [0.25, 0.3) is 0 Å². The molecule has 9 heteroatoms.